The van der Waals surface area contributed by atoms with Crippen LogP contribution in [0.15, 0.2) is 28.3 Å². The highest BCUT2D eigenvalue weighted by atomic mass is 127. The van der Waals surface area contributed by atoms with E-state index >= 15 is 0 Å². The first-order valence-corrected chi connectivity index (χ1v) is 6.85. The van der Waals surface area contributed by atoms with Crippen LogP contribution in [0.4, 0.5) is 0 Å². The number of hydrogen-bond acceptors (Lipinski definition) is 5. The van der Waals surface area contributed by atoms with Crippen LogP contribution in [0.5, 0.6) is 0 Å². The van der Waals surface area contributed by atoms with Gasteiger partial charge in [-0.1, -0.05) is 6.92 Å². The lowest BCUT2D eigenvalue weighted by atomic mass is 10.3. The van der Waals surface area contributed by atoms with Crippen LogP contribution in [0.2, 0.25) is 0 Å². The smallest absolute Gasteiger partial charge is 0.194 e. The molecule has 1 aliphatic rings. The lowest BCUT2D eigenvalue weighted by Gasteiger charge is -2.15. The summed E-state index contributed by atoms with van der Waals surface area (Å²) in [6.07, 6.45) is 1.87. The summed E-state index contributed by atoms with van der Waals surface area (Å²) in [4.78, 5) is 10.9. The van der Waals surface area contributed by atoms with Gasteiger partial charge in [0.1, 0.15) is 0 Å². The van der Waals surface area contributed by atoms with Crippen LogP contribution >= 0.6 is 35.7 Å². The van der Waals surface area contributed by atoms with Gasteiger partial charge in [0.05, 0.1) is 11.6 Å². The van der Waals surface area contributed by atoms with Crippen molar-refractivity contribution in [1.29, 1.82) is 0 Å². The number of aliphatic imine (C=N–C) groups is 1. The van der Waals surface area contributed by atoms with E-state index in [1.54, 1.807) is 11.8 Å². The van der Waals surface area contributed by atoms with E-state index in [1.807, 2.05) is 12.3 Å². The van der Waals surface area contributed by atoms with Gasteiger partial charge in [-0.15, -0.1) is 35.7 Å². The fourth-order valence-corrected chi connectivity index (χ4v) is 2.36. The predicted octanol–water partition coefficient (Wildman–Crippen LogP) is 2.20. The first-order chi connectivity index (χ1) is 8.29. The van der Waals surface area contributed by atoms with Crippen molar-refractivity contribution < 1.29 is 0 Å². The molecule has 0 radical (unpaired) electrons. The lowest BCUT2D eigenvalue weighted by Crippen LogP contribution is -2.35. The van der Waals surface area contributed by atoms with Gasteiger partial charge in [0.2, 0.25) is 0 Å². The van der Waals surface area contributed by atoms with Crippen molar-refractivity contribution in [3.63, 3.8) is 0 Å². The molecule has 0 spiro atoms. The molecule has 0 atom stereocenters. The minimum atomic E-state index is 0. The third-order valence-corrected chi connectivity index (χ3v) is 3.41. The largest absolute Gasteiger partial charge is 0.352 e. The maximum atomic E-state index is 4.40. The molecule has 6 heteroatoms. The highest BCUT2D eigenvalue weighted by Gasteiger charge is 2.11. The number of nitrogens with one attached hydrogen (secondary N) is 1. The second-order valence-corrected chi connectivity index (χ2v) is 5.20. The monoisotopic (exact) mass is 378 g/mol. The molecular formula is C12H19IN4S. The van der Waals surface area contributed by atoms with Gasteiger partial charge in [-0.2, -0.15) is 0 Å². The molecule has 2 rings (SSSR count). The third kappa shape index (κ3) is 4.31. The molecule has 0 aliphatic carbocycles. The molecule has 1 N–H and O–H groups in total. The van der Waals surface area contributed by atoms with E-state index in [0.717, 1.165) is 36.4 Å². The average Bonchev–Trinajstić information content (AvgIpc) is 2.73. The zero-order chi connectivity index (χ0) is 12.1. The van der Waals surface area contributed by atoms with Crippen molar-refractivity contribution in [2.75, 3.05) is 25.9 Å². The molecule has 0 saturated heterocycles. The van der Waals surface area contributed by atoms with E-state index < -0.39 is 0 Å². The minimum absolute atomic E-state index is 0. The quantitative estimate of drug-likeness (QED) is 0.644. The number of halogens is 1. The van der Waals surface area contributed by atoms with Gasteiger partial charge in [-0.25, -0.2) is 4.98 Å². The fraction of sp³-hybridized carbons (Fsp3) is 0.500. The second-order valence-electron chi connectivity index (χ2n) is 3.92. The molecule has 0 unspecified atom stereocenters. The van der Waals surface area contributed by atoms with Crippen molar-refractivity contribution >= 4 is 41.7 Å². The molecule has 2 heterocycles. The van der Waals surface area contributed by atoms with Crippen LogP contribution in [0.1, 0.15) is 12.5 Å². The Labute approximate surface area is 130 Å². The van der Waals surface area contributed by atoms with Gasteiger partial charge in [0, 0.05) is 26.3 Å². The Bertz CT molecular complexity index is 411. The van der Waals surface area contributed by atoms with Gasteiger partial charge in [-0.3, -0.25) is 4.99 Å². The van der Waals surface area contributed by atoms with E-state index in [2.05, 4.69) is 40.2 Å². The number of hydrogen-bond donors (Lipinski definition) is 1. The first kappa shape index (κ1) is 15.6. The first-order valence-electron chi connectivity index (χ1n) is 5.87. The summed E-state index contributed by atoms with van der Waals surface area (Å²) in [6, 6.07) is 4.18. The van der Waals surface area contributed by atoms with Crippen molar-refractivity contribution in [1.82, 2.24) is 15.2 Å². The van der Waals surface area contributed by atoms with E-state index in [4.69, 9.17) is 0 Å². The van der Waals surface area contributed by atoms with Crippen molar-refractivity contribution in [2.45, 2.75) is 18.5 Å². The summed E-state index contributed by atoms with van der Waals surface area (Å²) >= 11 is 1.77. The van der Waals surface area contributed by atoms with Crippen LogP contribution in [0.25, 0.3) is 0 Å². The van der Waals surface area contributed by atoms with Gasteiger partial charge in [-0.05, 0) is 23.4 Å². The molecule has 0 bridgehead atoms. The number of aromatic nitrogens is 1. The molecule has 0 saturated carbocycles. The summed E-state index contributed by atoms with van der Waals surface area (Å²) in [7, 11) is 2.06. The second kappa shape index (κ2) is 7.83. The van der Waals surface area contributed by atoms with Gasteiger partial charge in [0.15, 0.2) is 5.96 Å². The van der Waals surface area contributed by atoms with Crippen LogP contribution < -0.4 is 5.32 Å². The van der Waals surface area contributed by atoms with Crippen LogP contribution in [-0.2, 0) is 6.54 Å². The maximum absolute atomic E-state index is 4.40. The number of likely N-dealkylation sites (N-methyl/N-ethyl adjacent to an activating group) is 1. The van der Waals surface area contributed by atoms with Crippen molar-refractivity contribution in [3.8, 4) is 0 Å². The topological polar surface area (TPSA) is 40.5 Å². The summed E-state index contributed by atoms with van der Waals surface area (Å²) in [5.41, 5.74) is 1.25. The number of pyridine rings is 1. The number of thioether (sulfide) groups is 1. The van der Waals surface area contributed by atoms with E-state index in [-0.39, 0.29) is 24.0 Å². The van der Waals surface area contributed by atoms with Gasteiger partial charge < -0.3 is 10.2 Å². The predicted molar refractivity (Wildman–Crippen MR) is 87.8 cm³/mol. The average molecular weight is 378 g/mol. The molecule has 1 aromatic heterocycles. The molecule has 4 nitrogen and oxygen atoms in total. The van der Waals surface area contributed by atoms with E-state index in [1.165, 1.54) is 5.56 Å². The minimum Gasteiger partial charge on any atom is -0.352 e. The Hall–Kier alpha value is -0.500. The Morgan fingerprint density at radius 1 is 1.50 bits per heavy atom. The van der Waals surface area contributed by atoms with Crippen LogP contribution in [0, 0.1) is 0 Å². The maximum Gasteiger partial charge on any atom is 0.194 e. The highest BCUT2D eigenvalue weighted by molar-refractivity contribution is 14.0. The van der Waals surface area contributed by atoms with Gasteiger partial charge >= 0.3 is 0 Å². The van der Waals surface area contributed by atoms with Crippen molar-refractivity contribution in [3.05, 3.63) is 23.9 Å². The lowest BCUT2D eigenvalue weighted by molar-refractivity contribution is 0.534. The Balaban J connectivity index is 0.00000162. The summed E-state index contributed by atoms with van der Waals surface area (Å²) in [6.45, 7) is 4.85. The Morgan fingerprint density at radius 2 is 2.33 bits per heavy atom. The van der Waals surface area contributed by atoms with Crippen LogP contribution in [0.3, 0.4) is 0 Å². The zero-order valence-electron chi connectivity index (χ0n) is 10.7. The molecule has 1 aromatic rings. The summed E-state index contributed by atoms with van der Waals surface area (Å²) in [5.74, 6) is 2.05. The molecule has 18 heavy (non-hydrogen) atoms. The molecule has 1 aliphatic heterocycles. The van der Waals surface area contributed by atoms with Crippen molar-refractivity contribution in [2.24, 2.45) is 4.99 Å². The van der Waals surface area contributed by atoms with E-state index in [9.17, 15) is 0 Å². The highest BCUT2D eigenvalue weighted by Crippen LogP contribution is 2.15. The molecular weight excluding hydrogens is 359 g/mol. The Kier molecular flexibility index (Phi) is 6.77. The SMILES string of the molecule is CCSc1cc(CNC2=NCCN2C)ccn1.I. The normalized spacial score (nSPS) is 14.1. The number of rotatable bonds is 4. The van der Waals surface area contributed by atoms with Crippen LogP contribution in [-0.4, -0.2) is 41.7 Å². The zero-order valence-corrected chi connectivity index (χ0v) is 13.9. The number of nitrogens with zero attached hydrogens (tertiary/aromatic N) is 3. The van der Waals surface area contributed by atoms with E-state index in [0.29, 0.717) is 0 Å². The fourth-order valence-electron chi connectivity index (χ4n) is 1.69. The standard InChI is InChI=1S/C12H18N4S.HI/c1-3-17-11-8-10(4-5-13-11)9-15-12-14-6-7-16(12)2;/h4-5,8H,3,6-7,9H2,1-2H3,(H,14,15);1H. The molecule has 0 amide bonds. The molecule has 0 aromatic carbocycles. The Morgan fingerprint density at radius 3 is 3.00 bits per heavy atom. The molecule has 0 fully saturated rings. The molecule has 100 valence electrons. The number of guanidine groups is 1. The van der Waals surface area contributed by atoms with Gasteiger partial charge in [0.25, 0.3) is 0 Å². The third-order valence-electron chi connectivity index (χ3n) is 2.60. The summed E-state index contributed by atoms with van der Waals surface area (Å²) < 4.78 is 0. The summed E-state index contributed by atoms with van der Waals surface area (Å²) in [5, 5.41) is 4.45.